The van der Waals surface area contributed by atoms with Gasteiger partial charge in [-0.1, -0.05) is 56.9 Å². The summed E-state index contributed by atoms with van der Waals surface area (Å²) in [5, 5.41) is 8.31. The SMILES string of the molecule is CCCC(C)Nc1ncc2c(-c3ccc(CN4CC(C)NC(C)C4)cc3)cn(C3CCCCC3)c2n1. The second-order valence-electron chi connectivity index (χ2n) is 11.4. The summed E-state index contributed by atoms with van der Waals surface area (Å²) < 4.78 is 2.46. The fraction of sp³-hybridized carbons (Fsp3) is 0.600. The number of aromatic nitrogens is 3. The van der Waals surface area contributed by atoms with Crippen LogP contribution >= 0.6 is 0 Å². The maximum atomic E-state index is 5.06. The molecule has 0 bridgehead atoms. The molecule has 2 aliphatic rings. The first kappa shape index (κ1) is 25.2. The summed E-state index contributed by atoms with van der Waals surface area (Å²) in [6, 6.07) is 11.2. The molecule has 1 aliphatic carbocycles. The standard InChI is InChI=1S/C30H44N6/c1-5-9-21(2)33-30-31-16-27-28(20-36(29(27)34-30)26-10-7-6-8-11-26)25-14-12-24(13-15-25)19-35-17-22(3)32-23(4)18-35/h12-16,20-23,26,32H,5-11,17-19H2,1-4H3,(H,31,33,34). The van der Waals surface area contributed by atoms with Crippen molar-refractivity contribution in [2.45, 2.75) is 103 Å². The van der Waals surface area contributed by atoms with Gasteiger partial charge in [0.2, 0.25) is 5.95 Å². The van der Waals surface area contributed by atoms with Crippen LogP contribution in [-0.4, -0.2) is 50.7 Å². The van der Waals surface area contributed by atoms with Gasteiger partial charge >= 0.3 is 0 Å². The Morgan fingerprint density at radius 1 is 1.06 bits per heavy atom. The van der Waals surface area contributed by atoms with Gasteiger partial charge in [0.1, 0.15) is 5.65 Å². The summed E-state index contributed by atoms with van der Waals surface area (Å²) in [7, 11) is 0. The van der Waals surface area contributed by atoms with Gasteiger partial charge < -0.3 is 15.2 Å². The first-order valence-electron chi connectivity index (χ1n) is 14.2. The lowest BCUT2D eigenvalue weighted by atomic mass is 9.95. The van der Waals surface area contributed by atoms with Crippen molar-refractivity contribution >= 4 is 17.0 Å². The van der Waals surface area contributed by atoms with Crippen LogP contribution in [0.15, 0.2) is 36.7 Å². The number of hydrogen-bond acceptors (Lipinski definition) is 5. The summed E-state index contributed by atoms with van der Waals surface area (Å²) in [5.74, 6) is 0.750. The van der Waals surface area contributed by atoms with Crippen LogP contribution in [0, 0.1) is 0 Å². The number of hydrogen-bond donors (Lipinski definition) is 2. The maximum absolute atomic E-state index is 5.06. The van der Waals surface area contributed by atoms with E-state index < -0.39 is 0 Å². The number of benzene rings is 1. The van der Waals surface area contributed by atoms with Crippen molar-refractivity contribution in [3.8, 4) is 11.1 Å². The van der Waals surface area contributed by atoms with Crippen LogP contribution in [-0.2, 0) is 6.54 Å². The smallest absolute Gasteiger partial charge is 0.224 e. The Kier molecular flexibility index (Phi) is 7.92. The molecule has 1 saturated carbocycles. The average Bonchev–Trinajstić information content (AvgIpc) is 3.23. The summed E-state index contributed by atoms with van der Waals surface area (Å²) in [4.78, 5) is 12.4. The van der Waals surface area contributed by atoms with E-state index in [4.69, 9.17) is 9.97 Å². The molecular weight excluding hydrogens is 444 g/mol. The van der Waals surface area contributed by atoms with Gasteiger partial charge in [0.05, 0.1) is 0 Å². The second kappa shape index (κ2) is 11.3. The largest absolute Gasteiger partial charge is 0.352 e. The van der Waals surface area contributed by atoms with Crippen LogP contribution in [0.25, 0.3) is 22.2 Å². The molecule has 5 rings (SSSR count). The summed E-state index contributed by atoms with van der Waals surface area (Å²) in [6.45, 7) is 12.2. The van der Waals surface area contributed by atoms with E-state index in [1.807, 2.05) is 6.20 Å². The second-order valence-corrected chi connectivity index (χ2v) is 11.4. The molecule has 3 heterocycles. The maximum Gasteiger partial charge on any atom is 0.224 e. The molecule has 2 fully saturated rings. The van der Waals surface area contributed by atoms with Crippen LogP contribution in [0.4, 0.5) is 5.95 Å². The topological polar surface area (TPSA) is 58.0 Å². The third-order valence-electron chi connectivity index (χ3n) is 7.94. The Hall–Kier alpha value is -2.44. The zero-order valence-corrected chi connectivity index (χ0v) is 22.6. The predicted octanol–water partition coefficient (Wildman–Crippen LogP) is 6.39. The molecule has 36 heavy (non-hydrogen) atoms. The summed E-state index contributed by atoms with van der Waals surface area (Å²) in [6.07, 6.45) is 13.1. The molecule has 0 radical (unpaired) electrons. The highest BCUT2D eigenvalue weighted by atomic mass is 15.2. The van der Waals surface area contributed by atoms with Crippen LogP contribution in [0.2, 0.25) is 0 Å². The van der Waals surface area contributed by atoms with E-state index in [0.717, 1.165) is 49.5 Å². The fourth-order valence-corrected chi connectivity index (χ4v) is 6.31. The van der Waals surface area contributed by atoms with Gasteiger partial charge in [0.25, 0.3) is 0 Å². The van der Waals surface area contributed by atoms with E-state index in [9.17, 15) is 0 Å². The van der Waals surface area contributed by atoms with Crippen molar-refractivity contribution in [3.63, 3.8) is 0 Å². The highest BCUT2D eigenvalue weighted by Crippen LogP contribution is 2.36. The van der Waals surface area contributed by atoms with Crippen LogP contribution < -0.4 is 10.6 Å². The number of anilines is 1. The van der Waals surface area contributed by atoms with Crippen molar-refractivity contribution < 1.29 is 0 Å². The normalized spacial score (nSPS) is 22.7. The molecular formula is C30H44N6. The van der Waals surface area contributed by atoms with Crippen LogP contribution in [0.5, 0.6) is 0 Å². The quantitative estimate of drug-likeness (QED) is 0.385. The van der Waals surface area contributed by atoms with Crippen LogP contribution in [0.1, 0.15) is 84.2 Å². The Balaban J connectivity index is 1.42. The van der Waals surface area contributed by atoms with Gasteiger partial charge in [0.15, 0.2) is 0 Å². The summed E-state index contributed by atoms with van der Waals surface area (Å²) >= 11 is 0. The van der Waals surface area contributed by atoms with E-state index in [1.165, 1.54) is 48.8 Å². The molecule has 0 spiro atoms. The molecule has 1 aromatic carbocycles. The van der Waals surface area contributed by atoms with Gasteiger partial charge in [-0.2, -0.15) is 4.98 Å². The summed E-state index contributed by atoms with van der Waals surface area (Å²) in [5.41, 5.74) is 4.96. The number of rotatable bonds is 8. The van der Waals surface area contributed by atoms with Gasteiger partial charge in [-0.25, -0.2) is 4.98 Å². The number of nitrogens with zero attached hydrogens (tertiary/aromatic N) is 4. The number of nitrogens with one attached hydrogen (secondary N) is 2. The minimum atomic E-state index is 0.374. The van der Waals surface area contributed by atoms with E-state index >= 15 is 0 Å². The highest BCUT2D eigenvalue weighted by Gasteiger charge is 2.23. The number of fused-ring (bicyclic) bond motifs is 1. The van der Waals surface area contributed by atoms with Gasteiger partial charge in [-0.3, -0.25) is 4.90 Å². The minimum absolute atomic E-state index is 0.374. The fourth-order valence-electron chi connectivity index (χ4n) is 6.31. The average molecular weight is 489 g/mol. The zero-order valence-electron chi connectivity index (χ0n) is 22.6. The van der Waals surface area contributed by atoms with E-state index in [1.54, 1.807) is 0 Å². The van der Waals surface area contributed by atoms with Crippen molar-refractivity contribution in [2.24, 2.45) is 0 Å². The lowest BCUT2D eigenvalue weighted by molar-refractivity contribution is 0.166. The van der Waals surface area contributed by atoms with E-state index in [0.29, 0.717) is 24.2 Å². The van der Waals surface area contributed by atoms with Crippen molar-refractivity contribution in [1.82, 2.24) is 24.8 Å². The molecule has 6 heteroatoms. The van der Waals surface area contributed by atoms with Crippen molar-refractivity contribution in [2.75, 3.05) is 18.4 Å². The van der Waals surface area contributed by atoms with Gasteiger partial charge in [-0.05, 0) is 51.2 Å². The molecule has 194 valence electrons. The molecule has 2 aromatic heterocycles. The molecule has 2 N–H and O–H groups in total. The lowest BCUT2D eigenvalue weighted by Crippen LogP contribution is -2.53. The molecule has 1 saturated heterocycles. The highest BCUT2D eigenvalue weighted by molar-refractivity contribution is 5.94. The third-order valence-corrected chi connectivity index (χ3v) is 7.94. The first-order valence-corrected chi connectivity index (χ1v) is 14.2. The zero-order chi connectivity index (χ0) is 25.1. The molecule has 1 aliphatic heterocycles. The van der Waals surface area contributed by atoms with E-state index in [2.05, 4.69) is 78.3 Å². The monoisotopic (exact) mass is 488 g/mol. The van der Waals surface area contributed by atoms with Gasteiger partial charge in [-0.15, -0.1) is 0 Å². The molecule has 3 atom stereocenters. The molecule has 6 nitrogen and oxygen atoms in total. The molecule has 0 amide bonds. The van der Waals surface area contributed by atoms with Crippen molar-refractivity contribution in [3.05, 3.63) is 42.2 Å². The Morgan fingerprint density at radius 2 is 1.78 bits per heavy atom. The molecule has 3 aromatic rings. The Bertz CT molecular complexity index is 1120. The molecule has 3 unspecified atom stereocenters. The first-order chi connectivity index (χ1) is 17.5. The van der Waals surface area contributed by atoms with Crippen LogP contribution in [0.3, 0.4) is 0 Å². The van der Waals surface area contributed by atoms with Gasteiger partial charge in [0, 0.05) is 67.1 Å². The predicted molar refractivity (Wildman–Crippen MR) is 150 cm³/mol. The van der Waals surface area contributed by atoms with E-state index in [-0.39, 0.29) is 0 Å². The Labute approximate surface area is 216 Å². The Morgan fingerprint density at radius 3 is 2.47 bits per heavy atom. The number of piperazine rings is 1. The minimum Gasteiger partial charge on any atom is -0.352 e. The third kappa shape index (κ3) is 5.76. The lowest BCUT2D eigenvalue weighted by Gasteiger charge is -2.36. The van der Waals surface area contributed by atoms with Crippen molar-refractivity contribution in [1.29, 1.82) is 0 Å².